The average Bonchev–Trinajstić information content (AvgIpc) is 3.17. The maximum Gasteiger partial charge on any atom is 0.248 e. The van der Waals surface area contributed by atoms with Crippen molar-refractivity contribution in [1.29, 1.82) is 0 Å². The van der Waals surface area contributed by atoms with Gasteiger partial charge in [-0.2, -0.15) is 0 Å². The van der Waals surface area contributed by atoms with Crippen molar-refractivity contribution < 1.29 is 19.1 Å². The van der Waals surface area contributed by atoms with Crippen LogP contribution < -0.4 is 15.0 Å². The lowest BCUT2D eigenvalue weighted by molar-refractivity contribution is -0.129. The number of rotatable bonds is 6. The maximum atomic E-state index is 13.7. The van der Waals surface area contributed by atoms with Crippen molar-refractivity contribution >= 4 is 34.4 Å². The number of pyridine rings is 1. The highest BCUT2D eigenvalue weighted by Crippen LogP contribution is 2.38. The first-order valence-electron chi connectivity index (χ1n) is 10.0. The molecule has 31 heavy (non-hydrogen) atoms. The number of carbonyl (C=O) groups is 3. The molecule has 0 unspecified atom stereocenters. The number of aromatic nitrogens is 1. The van der Waals surface area contributed by atoms with E-state index in [0.717, 1.165) is 11.8 Å². The summed E-state index contributed by atoms with van der Waals surface area (Å²) in [5, 5.41) is 2.97. The normalized spacial score (nSPS) is 17.2. The van der Waals surface area contributed by atoms with E-state index in [2.05, 4.69) is 10.3 Å². The Kier molecular flexibility index (Phi) is 7.00. The van der Waals surface area contributed by atoms with Crippen molar-refractivity contribution in [1.82, 2.24) is 10.3 Å². The van der Waals surface area contributed by atoms with Crippen LogP contribution in [0.5, 0.6) is 5.75 Å². The molecule has 164 valence electrons. The minimum atomic E-state index is -0.975. The second-order valence-electron chi connectivity index (χ2n) is 8.39. The van der Waals surface area contributed by atoms with Crippen LogP contribution in [0, 0.1) is 5.92 Å². The summed E-state index contributed by atoms with van der Waals surface area (Å²) in [7, 11) is 1.52. The van der Waals surface area contributed by atoms with E-state index in [0.29, 0.717) is 22.8 Å². The standard InChI is InChI=1S/C23H27N3O4S/c1-23(2,3)25-21(28)20(15-8-7-11-24-13-15)26(17-9-5-6-10-18(17)30-4)22(29)16-12-19(27)31-14-16/h5-11,13,16,20H,12,14H2,1-4H3,(H,25,28)/t16-,20+/m1/s1. The third-order valence-corrected chi connectivity index (χ3v) is 5.85. The van der Waals surface area contributed by atoms with Gasteiger partial charge in [-0.15, -0.1) is 0 Å². The molecule has 0 bridgehead atoms. The number of nitrogens with one attached hydrogen (secondary N) is 1. The first kappa shape index (κ1) is 22.8. The van der Waals surface area contributed by atoms with Gasteiger partial charge in [-0.1, -0.05) is 30.0 Å². The molecule has 1 N–H and O–H groups in total. The Morgan fingerprint density at radius 3 is 2.55 bits per heavy atom. The first-order valence-corrected chi connectivity index (χ1v) is 11.0. The molecule has 1 aliphatic heterocycles. The number of carbonyl (C=O) groups excluding carboxylic acids is 3. The molecular formula is C23H27N3O4S. The van der Waals surface area contributed by atoms with Gasteiger partial charge in [-0.3, -0.25) is 24.3 Å². The van der Waals surface area contributed by atoms with Gasteiger partial charge in [0.15, 0.2) is 5.12 Å². The van der Waals surface area contributed by atoms with E-state index in [1.54, 1.807) is 48.8 Å². The van der Waals surface area contributed by atoms with Gasteiger partial charge in [0.25, 0.3) is 0 Å². The highest BCUT2D eigenvalue weighted by Gasteiger charge is 2.40. The molecule has 0 saturated carbocycles. The number of anilines is 1. The van der Waals surface area contributed by atoms with E-state index in [1.807, 2.05) is 20.8 Å². The molecule has 0 radical (unpaired) electrons. The Labute approximate surface area is 186 Å². The summed E-state index contributed by atoms with van der Waals surface area (Å²) in [6, 6.07) is 9.59. The van der Waals surface area contributed by atoms with Gasteiger partial charge in [-0.05, 0) is 39.0 Å². The molecule has 2 heterocycles. The molecule has 1 aromatic carbocycles. The second kappa shape index (κ2) is 9.51. The third kappa shape index (κ3) is 5.44. The molecule has 1 aromatic heterocycles. The zero-order valence-corrected chi connectivity index (χ0v) is 18.9. The Bertz CT molecular complexity index is 959. The van der Waals surface area contributed by atoms with Gasteiger partial charge in [0, 0.05) is 35.7 Å². The molecule has 2 aromatic rings. The van der Waals surface area contributed by atoms with E-state index < -0.39 is 17.5 Å². The van der Waals surface area contributed by atoms with Crippen LogP contribution in [-0.2, 0) is 14.4 Å². The summed E-state index contributed by atoms with van der Waals surface area (Å²) in [6.45, 7) is 5.65. The van der Waals surface area contributed by atoms with Gasteiger partial charge in [0.1, 0.15) is 11.8 Å². The summed E-state index contributed by atoms with van der Waals surface area (Å²) >= 11 is 1.15. The zero-order chi connectivity index (χ0) is 22.6. The van der Waals surface area contributed by atoms with Crippen molar-refractivity contribution in [3.63, 3.8) is 0 Å². The SMILES string of the molecule is COc1ccccc1N(C(=O)[C@H]1CSC(=O)C1)[C@H](C(=O)NC(C)(C)C)c1cccnc1. The number of para-hydroxylation sites is 2. The largest absolute Gasteiger partial charge is 0.495 e. The number of hydrogen-bond donors (Lipinski definition) is 1. The fourth-order valence-electron chi connectivity index (χ4n) is 3.48. The van der Waals surface area contributed by atoms with Gasteiger partial charge >= 0.3 is 0 Å². The summed E-state index contributed by atoms with van der Waals surface area (Å²) < 4.78 is 5.51. The zero-order valence-electron chi connectivity index (χ0n) is 18.1. The maximum absolute atomic E-state index is 13.7. The van der Waals surface area contributed by atoms with Gasteiger partial charge in [0.2, 0.25) is 11.8 Å². The molecular weight excluding hydrogens is 414 g/mol. The molecule has 2 amide bonds. The topological polar surface area (TPSA) is 88.6 Å². The van der Waals surface area contributed by atoms with Crippen molar-refractivity contribution in [2.45, 2.75) is 38.8 Å². The lowest BCUT2D eigenvalue weighted by Gasteiger charge is -2.35. The second-order valence-corrected chi connectivity index (χ2v) is 9.47. The number of ether oxygens (including phenoxy) is 1. The fourth-order valence-corrected chi connectivity index (χ4v) is 4.44. The van der Waals surface area contributed by atoms with Crippen LogP contribution in [0.2, 0.25) is 0 Å². The van der Waals surface area contributed by atoms with Gasteiger partial charge in [0.05, 0.1) is 18.7 Å². The number of hydrogen-bond acceptors (Lipinski definition) is 6. The number of amides is 2. The molecule has 0 spiro atoms. The van der Waals surface area contributed by atoms with Crippen molar-refractivity contribution in [3.8, 4) is 5.75 Å². The highest BCUT2D eigenvalue weighted by atomic mass is 32.2. The monoisotopic (exact) mass is 441 g/mol. The molecule has 2 atom stereocenters. The Balaban J connectivity index is 2.16. The number of methoxy groups -OCH3 is 1. The summed E-state index contributed by atoms with van der Waals surface area (Å²) in [5.41, 5.74) is 0.532. The smallest absolute Gasteiger partial charge is 0.248 e. The number of nitrogens with zero attached hydrogens (tertiary/aromatic N) is 2. The molecule has 8 heteroatoms. The van der Waals surface area contributed by atoms with Crippen LogP contribution in [0.25, 0.3) is 0 Å². The van der Waals surface area contributed by atoms with Crippen molar-refractivity contribution in [3.05, 3.63) is 54.4 Å². The van der Waals surface area contributed by atoms with E-state index in [9.17, 15) is 14.4 Å². The van der Waals surface area contributed by atoms with E-state index in [-0.39, 0.29) is 23.4 Å². The molecule has 7 nitrogen and oxygen atoms in total. The van der Waals surface area contributed by atoms with E-state index >= 15 is 0 Å². The first-order chi connectivity index (χ1) is 14.7. The van der Waals surface area contributed by atoms with E-state index in [1.165, 1.54) is 12.0 Å². The Morgan fingerprint density at radius 2 is 1.97 bits per heavy atom. The highest BCUT2D eigenvalue weighted by molar-refractivity contribution is 8.14. The fraction of sp³-hybridized carbons (Fsp3) is 0.391. The van der Waals surface area contributed by atoms with Gasteiger partial charge in [-0.25, -0.2) is 0 Å². The summed E-state index contributed by atoms with van der Waals surface area (Å²) in [6.07, 6.45) is 3.34. The summed E-state index contributed by atoms with van der Waals surface area (Å²) in [5.74, 6) is -0.281. The number of thioether (sulfide) groups is 1. The number of benzene rings is 1. The Hall–Kier alpha value is -2.87. The lowest BCUT2D eigenvalue weighted by Crippen LogP contribution is -2.50. The van der Waals surface area contributed by atoms with Crippen molar-refractivity contribution in [2.75, 3.05) is 17.8 Å². The molecule has 1 aliphatic rings. The molecule has 3 rings (SSSR count). The third-order valence-electron chi connectivity index (χ3n) is 4.79. The Morgan fingerprint density at radius 1 is 1.23 bits per heavy atom. The minimum absolute atomic E-state index is 0.0182. The summed E-state index contributed by atoms with van der Waals surface area (Å²) in [4.78, 5) is 44.8. The predicted molar refractivity (Wildman–Crippen MR) is 121 cm³/mol. The molecule has 1 fully saturated rings. The molecule has 0 aliphatic carbocycles. The predicted octanol–water partition coefficient (Wildman–Crippen LogP) is 3.36. The van der Waals surface area contributed by atoms with Crippen LogP contribution in [0.1, 0.15) is 38.8 Å². The van der Waals surface area contributed by atoms with Crippen molar-refractivity contribution in [2.24, 2.45) is 5.92 Å². The van der Waals surface area contributed by atoms with Crippen LogP contribution in [0.3, 0.4) is 0 Å². The van der Waals surface area contributed by atoms with E-state index in [4.69, 9.17) is 4.74 Å². The molecule has 1 saturated heterocycles. The quantitative estimate of drug-likeness (QED) is 0.740. The lowest BCUT2D eigenvalue weighted by atomic mass is 9.99. The van der Waals surface area contributed by atoms with Gasteiger partial charge < -0.3 is 10.1 Å². The van der Waals surface area contributed by atoms with Crippen LogP contribution >= 0.6 is 11.8 Å². The van der Waals surface area contributed by atoms with Crippen LogP contribution in [-0.4, -0.2) is 40.3 Å². The van der Waals surface area contributed by atoms with Crippen LogP contribution in [0.4, 0.5) is 5.69 Å². The van der Waals surface area contributed by atoms with Crippen LogP contribution in [0.15, 0.2) is 48.8 Å². The minimum Gasteiger partial charge on any atom is -0.495 e. The average molecular weight is 442 g/mol.